The Morgan fingerprint density at radius 3 is 2.93 bits per heavy atom. The topological polar surface area (TPSA) is 29.5 Å². The number of halogens is 2. The van der Waals surface area contributed by atoms with Crippen LogP contribution < -0.4 is 4.74 Å². The lowest BCUT2D eigenvalue weighted by Crippen LogP contribution is -2.00. The number of rotatable bonds is 4. The highest BCUT2D eigenvalue weighted by Gasteiger charge is 2.07. The number of benzene rings is 1. The van der Waals surface area contributed by atoms with Crippen molar-refractivity contribution in [2.24, 2.45) is 0 Å². The fourth-order valence-electron chi connectivity index (χ4n) is 1.01. The van der Waals surface area contributed by atoms with Crippen molar-refractivity contribution >= 4 is 11.6 Å². The second-order valence-corrected chi connectivity index (χ2v) is 2.81. The van der Waals surface area contributed by atoms with E-state index in [-0.39, 0.29) is 19.0 Å². The van der Waals surface area contributed by atoms with Crippen LogP contribution in [0.15, 0.2) is 29.8 Å². The molecule has 0 saturated heterocycles. The third-order valence-electron chi connectivity index (χ3n) is 1.63. The van der Waals surface area contributed by atoms with Gasteiger partial charge in [0.05, 0.1) is 6.61 Å². The van der Waals surface area contributed by atoms with E-state index >= 15 is 0 Å². The molecule has 0 aliphatic rings. The minimum absolute atomic E-state index is 0.0739. The van der Waals surface area contributed by atoms with Gasteiger partial charge in [-0.2, -0.15) is 0 Å². The summed E-state index contributed by atoms with van der Waals surface area (Å²) in [7, 11) is 0. The highest BCUT2D eigenvalue weighted by Crippen LogP contribution is 2.22. The predicted molar refractivity (Wildman–Crippen MR) is 52.8 cm³/mol. The maximum atomic E-state index is 13.2. The van der Waals surface area contributed by atoms with Gasteiger partial charge in [0, 0.05) is 11.1 Å². The maximum Gasteiger partial charge on any atom is 0.165 e. The van der Waals surface area contributed by atoms with Crippen molar-refractivity contribution in [3.05, 3.63) is 41.2 Å². The first-order valence-electron chi connectivity index (χ1n) is 4.06. The zero-order chi connectivity index (χ0) is 10.4. The Labute approximate surface area is 86.6 Å². The quantitative estimate of drug-likeness (QED) is 0.838. The molecule has 14 heavy (non-hydrogen) atoms. The Hall–Kier alpha value is -1.06. The van der Waals surface area contributed by atoms with Crippen LogP contribution in [-0.4, -0.2) is 11.7 Å². The highest BCUT2D eigenvalue weighted by atomic mass is 35.5. The van der Waals surface area contributed by atoms with Gasteiger partial charge in [-0.05, 0) is 12.1 Å². The monoisotopic (exact) mass is 216 g/mol. The molecule has 1 N–H and O–H groups in total. The smallest absolute Gasteiger partial charge is 0.165 e. The van der Waals surface area contributed by atoms with Crippen molar-refractivity contribution in [1.29, 1.82) is 0 Å². The Kier molecular flexibility index (Phi) is 4.43. The van der Waals surface area contributed by atoms with Gasteiger partial charge >= 0.3 is 0 Å². The molecule has 76 valence electrons. The molecule has 0 aliphatic heterocycles. The first-order valence-corrected chi connectivity index (χ1v) is 4.49. The second kappa shape index (κ2) is 5.62. The van der Waals surface area contributed by atoms with E-state index in [1.165, 1.54) is 23.7 Å². The van der Waals surface area contributed by atoms with E-state index in [0.717, 1.165) is 0 Å². The average molecular weight is 217 g/mol. The molecule has 1 aromatic rings. The summed E-state index contributed by atoms with van der Waals surface area (Å²) in [6, 6.07) is 4.40. The maximum absolute atomic E-state index is 13.2. The lowest BCUT2D eigenvalue weighted by molar-refractivity contribution is 0.265. The first-order chi connectivity index (χ1) is 6.79. The van der Waals surface area contributed by atoms with Crippen molar-refractivity contribution in [3.8, 4) is 5.75 Å². The SMILES string of the molecule is OCc1cccc(F)c1OC/C=C/Cl. The molecule has 0 heterocycles. The molecule has 4 heteroatoms. The first kappa shape index (κ1) is 11.0. The molecule has 0 aliphatic carbocycles. The summed E-state index contributed by atoms with van der Waals surface area (Å²) in [4.78, 5) is 0. The van der Waals surface area contributed by atoms with Crippen LogP contribution in [0.5, 0.6) is 5.75 Å². The Bertz CT molecular complexity index is 326. The molecule has 0 spiro atoms. The highest BCUT2D eigenvalue weighted by molar-refractivity contribution is 6.25. The standard InChI is InChI=1S/C10H10ClFO2/c11-5-2-6-14-10-8(7-13)3-1-4-9(10)12/h1-5,13H,6-7H2/b5-2+. The van der Waals surface area contributed by atoms with Crippen molar-refractivity contribution in [1.82, 2.24) is 0 Å². The van der Waals surface area contributed by atoms with Crippen LogP contribution in [0, 0.1) is 5.82 Å². The summed E-state index contributed by atoms with van der Waals surface area (Å²) >= 11 is 5.28. The molecule has 0 atom stereocenters. The summed E-state index contributed by atoms with van der Waals surface area (Å²) in [5.41, 5.74) is 1.72. The molecule has 0 fully saturated rings. The average Bonchev–Trinajstić information content (AvgIpc) is 2.20. The third-order valence-corrected chi connectivity index (χ3v) is 1.81. The van der Waals surface area contributed by atoms with E-state index in [1.807, 2.05) is 0 Å². The van der Waals surface area contributed by atoms with Crippen molar-refractivity contribution in [2.45, 2.75) is 6.61 Å². The Morgan fingerprint density at radius 2 is 2.29 bits per heavy atom. The van der Waals surface area contributed by atoms with Crippen LogP contribution in [-0.2, 0) is 6.61 Å². The number of hydrogen-bond acceptors (Lipinski definition) is 2. The van der Waals surface area contributed by atoms with Crippen LogP contribution in [0.1, 0.15) is 5.56 Å². The van der Waals surface area contributed by atoms with Crippen LogP contribution in [0.25, 0.3) is 0 Å². The second-order valence-electron chi connectivity index (χ2n) is 2.56. The van der Waals surface area contributed by atoms with E-state index < -0.39 is 5.82 Å². The van der Waals surface area contributed by atoms with Crippen molar-refractivity contribution in [2.75, 3.05) is 6.61 Å². The molecule has 2 nitrogen and oxygen atoms in total. The van der Waals surface area contributed by atoms with Crippen molar-refractivity contribution in [3.63, 3.8) is 0 Å². The summed E-state index contributed by atoms with van der Waals surface area (Å²) in [5.74, 6) is -0.413. The van der Waals surface area contributed by atoms with Gasteiger partial charge in [0.2, 0.25) is 0 Å². The van der Waals surface area contributed by atoms with Gasteiger partial charge in [-0.3, -0.25) is 0 Å². The molecule has 0 unspecified atom stereocenters. The molecule has 1 rings (SSSR count). The van der Waals surface area contributed by atoms with Gasteiger partial charge in [0.25, 0.3) is 0 Å². The number of para-hydroxylation sites is 1. The van der Waals surface area contributed by atoms with Gasteiger partial charge in [-0.25, -0.2) is 4.39 Å². The van der Waals surface area contributed by atoms with Crippen LogP contribution in [0.4, 0.5) is 4.39 Å². The largest absolute Gasteiger partial charge is 0.486 e. The lowest BCUT2D eigenvalue weighted by atomic mass is 10.2. The lowest BCUT2D eigenvalue weighted by Gasteiger charge is -2.08. The minimum Gasteiger partial charge on any atom is -0.486 e. The summed E-state index contributed by atoms with van der Waals surface area (Å²) in [6.07, 6.45) is 1.54. The summed E-state index contributed by atoms with van der Waals surface area (Å²) in [5, 5.41) is 8.91. The normalized spacial score (nSPS) is 10.8. The number of aliphatic hydroxyl groups is 1. The van der Waals surface area contributed by atoms with E-state index in [4.69, 9.17) is 21.4 Å². The molecular formula is C10H10ClFO2. The van der Waals surface area contributed by atoms with Crippen molar-refractivity contribution < 1.29 is 14.2 Å². The molecular weight excluding hydrogens is 207 g/mol. The molecule has 0 radical (unpaired) electrons. The Balaban J connectivity index is 2.82. The fraction of sp³-hybridized carbons (Fsp3) is 0.200. The molecule has 0 saturated carbocycles. The minimum atomic E-state index is -0.487. The zero-order valence-electron chi connectivity index (χ0n) is 7.41. The summed E-state index contributed by atoms with van der Waals surface area (Å²) < 4.78 is 18.3. The molecule has 1 aromatic carbocycles. The van der Waals surface area contributed by atoms with Gasteiger partial charge in [0.1, 0.15) is 6.61 Å². The van der Waals surface area contributed by atoms with Crippen LogP contribution in [0.3, 0.4) is 0 Å². The van der Waals surface area contributed by atoms with Crippen LogP contribution in [0.2, 0.25) is 0 Å². The molecule has 0 aromatic heterocycles. The zero-order valence-corrected chi connectivity index (χ0v) is 8.17. The fourth-order valence-corrected chi connectivity index (χ4v) is 1.08. The number of ether oxygens (including phenoxy) is 1. The van der Waals surface area contributed by atoms with Crippen LogP contribution >= 0.6 is 11.6 Å². The van der Waals surface area contributed by atoms with E-state index in [0.29, 0.717) is 5.56 Å². The van der Waals surface area contributed by atoms with E-state index in [9.17, 15) is 4.39 Å². The Morgan fingerprint density at radius 1 is 1.50 bits per heavy atom. The predicted octanol–water partition coefficient (Wildman–Crippen LogP) is 2.45. The van der Waals surface area contributed by atoms with E-state index in [2.05, 4.69) is 0 Å². The van der Waals surface area contributed by atoms with Gasteiger partial charge in [-0.15, -0.1) is 0 Å². The number of aliphatic hydroxyl groups excluding tert-OH is 1. The third kappa shape index (κ3) is 2.72. The summed E-state index contributed by atoms with van der Waals surface area (Å²) in [6.45, 7) is -0.0743. The molecule has 0 bridgehead atoms. The number of hydrogen-bond donors (Lipinski definition) is 1. The van der Waals surface area contributed by atoms with Gasteiger partial charge in [-0.1, -0.05) is 23.7 Å². The van der Waals surface area contributed by atoms with Gasteiger partial charge < -0.3 is 9.84 Å². The van der Waals surface area contributed by atoms with E-state index in [1.54, 1.807) is 6.07 Å². The molecule has 0 amide bonds. The van der Waals surface area contributed by atoms with Gasteiger partial charge in [0.15, 0.2) is 11.6 Å².